The van der Waals surface area contributed by atoms with Gasteiger partial charge in [-0.05, 0) is 19.2 Å². The second-order valence-electron chi connectivity index (χ2n) is 2.99. The van der Waals surface area contributed by atoms with Crippen LogP contribution in [0.4, 0.5) is 8.78 Å². The molecule has 1 N–H and O–H groups in total. The number of hydrogen-bond donors (Lipinski definition) is 1. The van der Waals surface area contributed by atoms with Gasteiger partial charge < -0.3 is 10.1 Å². The number of alkyl halides is 2. The number of ether oxygens (including phenoxy) is 1. The second-order valence-corrected chi connectivity index (χ2v) is 2.99. The maximum Gasteiger partial charge on any atom is 0.293 e. The monoisotopic (exact) mass is 201 g/mol. The first-order valence-corrected chi connectivity index (χ1v) is 4.34. The van der Waals surface area contributed by atoms with E-state index in [0.29, 0.717) is 5.75 Å². The fourth-order valence-corrected chi connectivity index (χ4v) is 1.02. The molecule has 4 heteroatoms. The number of rotatable bonds is 5. The molecule has 0 radical (unpaired) electrons. The van der Waals surface area contributed by atoms with Crippen molar-refractivity contribution in [3.05, 3.63) is 30.3 Å². The molecule has 0 amide bonds. The van der Waals surface area contributed by atoms with Crippen molar-refractivity contribution in [2.75, 3.05) is 20.2 Å². The summed E-state index contributed by atoms with van der Waals surface area (Å²) in [5.41, 5.74) is 0. The third-order valence-corrected chi connectivity index (χ3v) is 1.63. The zero-order valence-corrected chi connectivity index (χ0v) is 7.97. The van der Waals surface area contributed by atoms with Gasteiger partial charge in [0, 0.05) is 0 Å². The highest BCUT2D eigenvalue weighted by atomic mass is 19.3. The smallest absolute Gasteiger partial charge is 0.293 e. The zero-order valence-electron chi connectivity index (χ0n) is 7.97. The van der Waals surface area contributed by atoms with Crippen LogP contribution in [0.15, 0.2) is 30.3 Å². The van der Waals surface area contributed by atoms with Gasteiger partial charge in [0.25, 0.3) is 5.92 Å². The van der Waals surface area contributed by atoms with Crippen LogP contribution in [0.1, 0.15) is 0 Å². The number of nitrogens with one attached hydrogen (secondary N) is 1. The molecule has 0 saturated carbocycles. The van der Waals surface area contributed by atoms with Gasteiger partial charge >= 0.3 is 0 Å². The quantitative estimate of drug-likeness (QED) is 0.785. The van der Waals surface area contributed by atoms with E-state index in [1.54, 1.807) is 30.3 Å². The van der Waals surface area contributed by atoms with E-state index in [4.69, 9.17) is 4.74 Å². The van der Waals surface area contributed by atoms with E-state index >= 15 is 0 Å². The fourth-order valence-electron chi connectivity index (χ4n) is 1.02. The van der Waals surface area contributed by atoms with E-state index in [2.05, 4.69) is 5.32 Å². The van der Waals surface area contributed by atoms with Gasteiger partial charge in [0.15, 0.2) is 6.61 Å². The summed E-state index contributed by atoms with van der Waals surface area (Å²) in [5, 5.41) is 2.41. The lowest BCUT2D eigenvalue weighted by molar-refractivity contribution is -0.0375. The highest BCUT2D eigenvalue weighted by molar-refractivity contribution is 5.20. The number of benzene rings is 1. The summed E-state index contributed by atoms with van der Waals surface area (Å²) in [5.74, 6) is -2.37. The van der Waals surface area contributed by atoms with Crippen LogP contribution in [0, 0.1) is 0 Å². The lowest BCUT2D eigenvalue weighted by atomic mass is 10.3. The Bertz CT molecular complexity index is 264. The summed E-state index contributed by atoms with van der Waals surface area (Å²) >= 11 is 0. The SMILES string of the molecule is CNCC(F)(F)COc1ccccc1. The maximum atomic E-state index is 12.9. The Morgan fingerprint density at radius 2 is 1.93 bits per heavy atom. The van der Waals surface area contributed by atoms with E-state index in [0.717, 1.165) is 0 Å². The normalized spacial score (nSPS) is 11.4. The summed E-state index contributed by atoms with van der Waals surface area (Å²) < 4.78 is 30.8. The summed E-state index contributed by atoms with van der Waals surface area (Å²) in [4.78, 5) is 0. The van der Waals surface area contributed by atoms with Crippen molar-refractivity contribution in [2.45, 2.75) is 5.92 Å². The average Bonchev–Trinajstić information content (AvgIpc) is 2.17. The van der Waals surface area contributed by atoms with Crippen LogP contribution in [0.3, 0.4) is 0 Å². The molecule has 0 aliphatic carbocycles. The number of halogens is 2. The van der Waals surface area contributed by atoms with Crippen LogP contribution in [0.5, 0.6) is 5.75 Å². The molecule has 0 unspecified atom stereocenters. The first kappa shape index (κ1) is 10.9. The Kier molecular flexibility index (Phi) is 3.83. The van der Waals surface area contributed by atoms with Gasteiger partial charge in [0.05, 0.1) is 6.54 Å². The average molecular weight is 201 g/mol. The predicted octanol–water partition coefficient (Wildman–Crippen LogP) is 1.92. The van der Waals surface area contributed by atoms with Gasteiger partial charge in [0.2, 0.25) is 0 Å². The van der Waals surface area contributed by atoms with E-state index in [-0.39, 0.29) is 6.54 Å². The molecule has 1 aromatic rings. The summed E-state index contributed by atoms with van der Waals surface area (Å²) in [7, 11) is 1.48. The van der Waals surface area contributed by atoms with Crippen molar-refractivity contribution in [2.24, 2.45) is 0 Å². The van der Waals surface area contributed by atoms with E-state index < -0.39 is 12.5 Å². The Hall–Kier alpha value is -1.16. The molecule has 1 rings (SSSR count). The van der Waals surface area contributed by atoms with Gasteiger partial charge in [-0.25, -0.2) is 8.78 Å². The van der Waals surface area contributed by atoms with Crippen LogP contribution in [-0.2, 0) is 0 Å². The Morgan fingerprint density at radius 3 is 2.50 bits per heavy atom. The number of para-hydroxylation sites is 1. The Morgan fingerprint density at radius 1 is 1.29 bits per heavy atom. The van der Waals surface area contributed by atoms with Crippen LogP contribution < -0.4 is 10.1 Å². The molecule has 0 atom stereocenters. The number of hydrogen-bond acceptors (Lipinski definition) is 2. The minimum Gasteiger partial charge on any atom is -0.487 e. The van der Waals surface area contributed by atoms with Crippen molar-refractivity contribution < 1.29 is 13.5 Å². The molecule has 0 aromatic heterocycles. The first-order valence-electron chi connectivity index (χ1n) is 4.34. The van der Waals surface area contributed by atoms with Crippen molar-refractivity contribution in [3.63, 3.8) is 0 Å². The molecule has 0 fully saturated rings. The molecule has 0 aliphatic heterocycles. The van der Waals surface area contributed by atoms with Gasteiger partial charge in [-0.15, -0.1) is 0 Å². The van der Waals surface area contributed by atoms with Crippen LogP contribution in [-0.4, -0.2) is 26.1 Å². The van der Waals surface area contributed by atoms with Gasteiger partial charge in [-0.1, -0.05) is 18.2 Å². The molecular formula is C10H13F2NO. The van der Waals surface area contributed by atoms with Gasteiger partial charge in [-0.2, -0.15) is 0 Å². The molecule has 0 aliphatic rings. The molecule has 1 aromatic carbocycles. The highest BCUT2D eigenvalue weighted by Crippen LogP contribution is 2.15. The third-order valence-electron chi connectivity index (χ3n) is 1.63. The molecule has 0 bridgehead atoms. The van der Waals surface area contributed by atoms with Crippen LogP contribution >= 0.6 is 0 Å². The minimum atomic E-state index is -2.83. The van der Waals surface area contributed by atoms with Crippen molar-refractivity contribution >= 4 is 0 Å². The van der Waals surface area contributed by atoms with Crippen molar-refractivity contribution in [1.29, 1.82) is 0 Å². The predicted molar refractivity (Wildman–Crippen MR) is 50.8 cm³/mol. The maximum absolute atomic E-state index is 12.9. The van der Waals surface area contributed by atoms with E-state index in [9.17, 15) is 8.78 Å². The molecule has 0 saturated heterocycles. The lowest BCUT2D eigenvalue weighted by Crippen LogP contribution is -2.36. The summed E-state index contributed by atoms with van der Waals surface area (Å²) in [6.07, 6.45) is 0. The van der Waals surface area contributed by atoms with Crippen molar-refractivity contribution in [1.82, 2.24) is 5.32 Å². The van der Waals surface area contributed by atoms with Crippen LogP contribution in [0.25, 0.3) is 0 Å². The largest absolute Gasteiger partial charge is 0.487 e. The summed E-state index contributed by atoms with van der Waals surface area (Å²) in [6.45, 7) is -0.975. The minimum absolute atomic E-state index is 0.375. The van der Waals surface area contributed by atoms with E-state index in [1.165, 1.54) is 7.05 Å². The summed E-state index contributed by atoms with van der Waals surface area (Å²) in [6, 6.07) is 8.58. The fraction of sp³-hybridized carbons (Fsp3) is 0.400. The van der Waals surface area contributed by atoms with E-state index in [1.807, 2.05) is 0 Å². The zero-order chi connectivity index (χ0) is 10.4. The van der Waals surface area contributed by atoms with Gasteiger partial charge in [-0.3, -0.25) is 0 Å². The Balaban J connectivity index is 2.40. The third kappa shape index (κ3) is 3.70. The molecule has 0 heterocycles. The molecule has 2 nitrogen and oxygen atoms in total. The lowest BCUT2D eigenvalue weighted by Gasteiger charge is -2.16. The standard InChI is InChI=1S/C10H13F2NO/c1-13-7-10(11,12)8-14-9-5-3-2-4-6-9/h2-6,13H,7-8H2,1H3. The van der Waals surface area contributed by atoms with Crippen molar-refractivity contribution in [3.8, 4) is 5.75 Å². The van der Waals surface area contributed by atoms with Crippen LogP contribution in [0.2, 0.25) is 0 Å². The second kappa shape index (κ2) is 4.91. The topological polar surface area (TPSA) is 21.3 Å². The first-order chi connectivity index (χ1) is 6.64. The molecular weight excluding hydrogens is 188 g/mol. The molecule has 14 heavy (non-hydrogen) atoms. The molecule has 78 valence electrons. The molecule has 0 spiro atoms. The van der Waals surface area contributed by atoms with Gasteiger partial charge in [0.1, 0.15) is 5.75 Å². The Labute approximate surface area is 81.9 Å². The highest BCUT2D eigenvalue weighted by Gasteiger charge is 2.28.